The van der Waals surface area contributed by atoms with Gasteiger partial charge in [-0.2, -0.15) is 0 Å². The summed E-state index contributed by atoms with van der Waals surface area (Å²) in [5, 5.41) is 3.59. The lowest BCUT2D eigenvalue weighted by atomic mass is 10.2. The van der Waals surface area contributed by atoms with Crippen LogP contribution in [0.1, 0.15) is 12.5 Å². The zero-order valence-corrected chi connectivity index (χ0v) is 25.2. The van der Waals surface area contributed by atoms with E-state index in [1.807, 2.05) is 55.6 Å². The van der Waals surface area contributed by atoms with Crippen molar-refractivity contribution in [1.29, 1.82) is 0 Å². The number of para-hydroxylation sites is 3. The Balaban J connectivity index is 1.61. The number of hydrogen-bond acceptors (Lipinski definition) is 6. The summed E-state index contributed by atoms with van der Waals surface area (Å²) < 4.78 is 34.6. The number of anilines is 2. The van der Waals surface area contributed by atoms with E-state index in [9.17, 15) is 13.2 Å². The largest absolute Gasteiger partial charge is 0.492 e. The monoisotopic (exact) mass is 612 g/mol. The van der Waals surface area contributed by atoms with Crippen LogP contribution in [0.2, 0.25) is 5.02 Å². The van der Waals surface area contributed by atoms with Gasteiger partial charge in [0.25, 0.3) is 10.0 Å². The fraction of sp³-hybridized carbons (Fsp3) is 0.167. The van der Waals surface area contributed by atoms with Crippen molar-refractivity contribution in [3.05, 3.63) is 108 Å². The van der Waals surface area contributed by atoms with Gasteiger partial charge in [-0.3, -0.25) is 9.10 Å². The number of amides is 1. The molecule has 0 heterocycles. The fourth-order valence-corrected chi connectivity index (χ4v) is 6.80. The van der Waals surface area contributed by atoms with Gasteiger partial charge in [0, 0.05) is 20.6 Å². The zero-order chi connectivity index (χ0) is 28.5. The summed E-state index contributed by atoms with van der Waals surface area (Å²) in [4.78, 5) is 15.3. The summed E-state index contributed by atoms with van der Waals surface area (Å²) >= 11 is 9.08. The number of benzene rings is 4. The summed E-state index contributed by atoms with van der Waals surface area (Å²) in [5.41, 5.74) is 1.98. The molecule has 208 valence electrons. The van der Waals surface area contributed by atoms with E-state index in [1.165, 1.54) is 11.8 Å². The second-order valence-electron chi connectivity index (χ2n) is 8.55. The van der Waals surface area contributed by atoms with E-state index in [0.717, 1.165) is 19.7 Å². The Kier molecular flexibility index (Phi) is 10.4. The second-order valence-corrected chi connectivity index (χ2v) is 12.7. The second kappa shape index (κ2) is 14.0. The van der Waals surface area contributed by atoms with Gasteiger partial charge in [-0.05, 0) is 79.4 Å². The first-order valence-corrected chi connectivity index (χ1v) is 16.5. The molecule has 0 saturated carbocycles. The molecule has 10 heteroatoms. The van der Waals surface area contributed by atoms with Crippen LogP contribution in [-0.4, -0.2) is 33.7 Å². The maximum atomic E-state index is 13.9. The van der Waals surface area contributed by atoms with E-state index in [2.05, 4.69) is 5.32 Å². The minimum atomic E-state index is -4.10. The Labute approximate surface area is 249 Å². The highest BCUT2D eigenvalue weighted by molar-refractivity contribution is 7.99. The Morgan fingerprint density at radius 3 is 2.30 bits per heavy atom. The maximum Gasteiger partial charge on any atom is 0.264 e. The molecule has 4 aromatic rings. The van der Waals surface area contributed by atoms with Crippen LogP contribution in [0.5, 0.6) is 5.75 Å². The van der Waals surface area contributed by atoms with Gasteiger partial charge in [0.1, 0.15) is 12.3 Å². The first-order chi connectivity index (χ1) is 19.3. The van der Waals surface area contributed by atoms with Crippen molar-refractivity contribution in [3.8, 4) is 5.75 Å². The molecule has 0 saturated heterocycles. The molecule has 6 nitrogen and oxygen atoms in total. The Morgan fingerprint density at radius 1 is 0.925 bits per heavy atom. The molecule has 0 aliphatic carbocycles. The van der Waals surface area contributed by atoms with Crippen molar-refractivity contribution in [1.82, 2.24) is 0 Å². The molecule has 4 rings (SSSR count). The van der Waals surface area contributed by atoms with Crippen molar-refractivity contribution >= 4 is 62.4 Å². The molecule has 40 heavy (non-hydrogen) atoms. The first-order valence-electron chi connectivity index (χ1n) is 12.5. The van der Waals surface area contributed by atoms with Crippen LogP contribution in [0.25, 0.3) is 0 Å². The van der Waals surface area contributed by atoms with E-state index in [0.29, 0.717) is 34.5 Å². The van der Waals surface area contributed by atoms with E-state index >= 15 is 0 Å². The van der Waals surface area contributed by atoms with Gasteiger partial charge in [0.15, 0.2) is 0 Å². The predicted molar refractivity (Wildman–Crippen MR) is 166 cm³/mol. The number of halogens is 1. The molecule has 0 spiro atoms. The summed E-state index contributed by atoms with van der Waals surface area (Å²) in [6, 6.07) is 28.5. The number of carbonyl (C=O) groups is 1. The van der Waals surface area contributed by atoms with Gasteiger partial charge < -0.3 is 10.1 Å². The van der Waals surface area contributed by atoms with E-state index in [-0.39, 0.29) is 4.90 Å². The van der Waals surface area contributed by atoms with Crippen LogP contribution in [0.4, 0.5) is 11.4 Å². The van der Waals surface area contributed by atoms with E-state index in [4.69, 9.17) is 16.3 Å². The minimum absolute atomic E-state index is 0.0864. The maximum absolute atomic E-state index is 13.9. The predicted octanol–water partition coefficient (Wildman–Crippen LogP) is 7.59. The third-order valence-electron chi connectivity index (χ3n) is 5.84. The molecule has 0 aliphatic rings. The number of hydrogen-bond donors (Lipinski definition) is 1. The summed E-state index contributed by atoms with van der Waals surface area (Å²) in [7, 11) is -4.10. The Morgan fingerprint density at radius 2 is 1.60 bits per heavy atom. The lowest BCUT2D eigenvalue weighted by molar-refractivity contribution is -0.114. The van der Waals surface area contributed by atoms with E-state index < -0.39 is 22.5 Å². The third kappa shape index (κ3) is 7.54. The number of nitrogens with zero attached hydrogens (tertiary/aromatic N) is 1. The molecule has 0 aliphatic heterocycles. The molecule has 1 N–H and O–H groups in total. The third-order valence-corrected chi connectivity index (χ3v) is 9.75. The smallest absolute Gasteiger partial charge is 0.264 e. The van der Waals surface area contributed by atoms with Gasteiger partial charge in [-0.1, -0.05) is 48.0 Å². The highest BCUT2D eigenvalue weighted by atomic mass is 35.5. The topological polar surface area (TPSA) is 75.7 Å². The van der Waals surface area contributed by atoms with Crippen molar-refractivity contribution < 1.29 is 17.9 Å². The highest BCUT2D eigenvalue weighted by Gasteiger charge is 2.29. The number of nitrogens with one attached hydrogen (secondary N) is 1. The number of sulfonamides is 1. The lowest BCUT2D eigenvalue weighted by Crippen LogP contribution is -2.38. The quantitative estimate of drug-likeness (QED) is 0.166. The first kappa shape index (κ1) is 29.9. The molecule has 0 bridgehead atoms. The van der Waals surface area contributed by atoms with Crippen LogP contribution in [0.15, 0.2) is 112 Å². The average molecular weight is 613 g/mol. The average Bonchev–Trinajstić information content (AvgIpc) is 2.97. The van der Waals surface area contributed by atoms with Gasteiger partial charge in [-0.15, -0.1) is 23.5 Å². The van der Waals surface area contributed by atoms with Gasteiger partial charge in [0.05, 0.1) is 22.9 Å². The lowest BCUT2D eigenvalue weighted by Gasteiger charge is -2.26. The number of ether oxygens (including phenoxy) is 1. The SMILES string of the molecule is CCOc1ccccc1N(CC(=O)Nc1ccccc1SCc1ccc(Cl)cc1)S(=O)(=O)c1ccc(SC)cc1. The van der Waals surface area contributed by atoms with Crippen LogP contribution >= 0.6 is 35.1 Å². The number of thioether (sulfide) groups is 2. The van der Waals surface area contributed by atoms with Crippen LogP contribution in [0, 0.1) is 0 Å². The fourth-order valence-electron chi connectivity index (χ4n) is 3.87. The van der Waals surface area contributed by atoms with Crippen molar-refractivity contribution in [2.75, 3.05) is 29.0 Å². The Bertz CT molecular complexity index is 1550. The minimum Gasteiger partial charge on any atom is -0.492 e. The highest BCUT2D eigenvalue weighted by Crippen LogP contribution is 2.34. The molecular weight excluding hydrogens is 584 g/mol. The molecule has 1 amide bonds. The summed E-state index contributed by atoms with van der Waals surface area (Å²) in [6.07, 6.45) is 1.92. The van der Waals surface area contributed by atoms with Gasteiger partial charge in [-0.25, -0.2) is 8.42 Å². The Hall–Kier alpha value is -3.11. The molecule has 0 aromatic heterocycles. The molecule has 0 fully saturated rings. The van der Waals surface area contributed by atoms with Gasteiger partial charge in [0.2, 0.25) is 5.91 Å². The molecule has 0 atom stereocenters. The zero-order valence-electron chi connectivity index (χ0n) is 22.0. The molecular formula is C30H29ClN2O4S3. The van der Waals surface area contributed by atoms with Crippen molar-refractivity contribution in [2.45, 2.75) is 27.4 Å². The van der Waals surface area contributed by atoms with Crippen LogP contribution in [0.3, 0.4) is 0 Å². The van der Waals surface area contributed by atoms with Crippen LogP contribution in [-0.2, 0) is 20.6 Å². The number of carbonyl (C=O) groups excluding carboxylic acids is 1. The van der Waals surface area contributed by atoms with E-state index in [1.54, 1.807) is 66.4 Å². The normalized spacial score (nSPS) is 11.2. The number of rotatable bonds is 12. The van der Waals surface area contributed by atoms with Crippen LogP contribution < -0.4 is 14.4 Å². The standard InChI is InChI=1S/C30H29ClN2O4S3/c1-3-37-28-10-6-5-9-27(28)33(40(35,36)25-18-16-24(38-2)17-19-25)20-30(34)32-26-8-4-7-11-29(26)39-21-22-12-14-23(31)15-13-22/h4-19H,3,20-21H2,1-2H3,(H,32,34). The molecule has 0 unspecified atom stereocenters. The summed E-state index contributed by atoms with van der Waals surface area (Å²) in [6.45, 7) is 1.73. The van der Waals surface area contributed by atoms with Gasteiger partial charge >= 0.3 is 0 Å². The van der Waals surface area contributed by atoms with Crippen molar-refractivity contribution in [2.24, 2.45) is 0 Å². The summed E-state index contributed by atoms with van der Waals surface area (Å²) in [5.74, 6) is 0.578. The van der Waals surface area contributed by atoms with Crippen molar-refractivity contribution in [3.63, 3.8) is 0 Å². The molecule has 0 radical (unpaired) electrons. The molecule has 4 aromatic carbocycles.